The fraction of sp³-hybridized carbons (Fsp3) is 0.600. The number of methoxy groups -OCH3 is 1. The number of ether oxygens (including phenoxy) is 2. The van der Waals surface area contributed by atoms with Crippen LogP contribution in [-0.2, 0) is 0 Å². The van der Waals surface area contributed by atoms with Gasteiger partial charge in [0.1, 0.15) is 56.9 Å². The van der Waals surface area contributed by atoms with Gasteiger partial charge in [0.2, 0.25) is 0 Å². The summed E-state index contributed by atoms with van der Waals surface area (Å²) in [7, 11) is 3.85. The fourth-order valence-corrected chi connectivity index (χ4v) is 2.51. The number of quaternary nitrogens is 2. The molecule has 5 heteroatoms. The molecular formula is C15H26N2O3+2. The highest BCUT2D eigenvalue weighted by molar-refractivity contribution is 5.32. The van der Waals surface area contributed by atoms with E-state index < -0.39 is 6.10 Å². The Balaban J connectivity index is 1.73. The van der Waals surface area contributed by atoms with Crippen LogP contribution >= 0.6 is 0 Å². The lowest BCUT2D eigenvalue weighted by atomic mass is 10.2. The van der Waals surface area contributed by atoms with Gasteiger partial charge in [0.05, 0.1) is 14.2 Å². The molecule has 0 radical (unpaired) electrons. The third-order valence-corrected chi connectivity index (χ3v) is 3.82. The minimum atomic E-state index is -0.422. The summed E-state index contributed by atoms with van der Waals surface area (Å²) in [5.41, 5.74) is 0. The van der Waals surface area contributed by atoms with E-state index >= 15 is 0 Å². The van der Waals surface area contributed by atoms with E-state index in [-0.39, 0.29) is 0 Å². The number of nitrogens with one attached hydrogen (secondary N) is 2. The molecule has 0 amide bonds. The van der Waals surface area contributed by atoms with Crippen molar-refractivity contribution in [2.45, 2.75) is 6.10 Å². The predicted octanol–water partition coefficient (Wildman–Crippen LogP) is -2.15. The summed E-state index contributed by atoms with van der Waals surface area (Å²) in [6, 6.07) is 7.47. The van der Waals surface area contributed by atoms with E-state index in [0.717, 1.165) is 31.1 Å². The minimum Gasteiger partial charge on any atom is -0.497 e. The second-order valence-corrected chi connectivity index (χ2v) is 5.56. The maximum Gasteiger partial charge on any atom is 0.137 e. The topological polar surface area (TPSA) is 47.6 Å². The molecule has 0 spiro atoms. The van der Waals surface area contributed by atoms with Gasteiger partial charge in [-0.2, -0.15) is 0 Å². The first kappa shape index (κ1) is 15.1. The molecule has 2 rings (SSSR count). The number of hydrogen-bond acceptors (Lipinski definition) is 3. The Hall–Kier alpha value is -1.30. The van der Waals surface area contributed by atoms with Crippen LogP contribution in [0.5, 0.6) is 11.5 Å². The molecule has 0 aliphatic carbocycles. The second-order valence-electron chi connectivity index (χ2n) is 5.56. The molecule has 1 unspecified atom stereocenters. The highest BCUT2D eigenvalue weighted by atomic mass is 16.5. The second kappa shape index (κ2) is 7.47. The number of aliphatic hydroxyl groups excluding tert-OH is 1. The molecule has 5 nitrogen and oxygen atoms in total. The van der Waals surface area contributed by atoms with E-state index in [4.69, 9.17) is 9.47 Å². The molecule has 0 saturated carbocycles. The molecule has 1 aliphatic rings. The van der Waals surface area contributed by atoms with Gasteiger partial charge in [-0.15, -0.1) is 0 Å². The number of benzene rings is 1. The molecule has 3 N–H and O–H groups in total. The molecule has 1 saturated heterocycles. The van der Waals surface area contributed by atoms with E-state index in [0.29, 0.717) is 6.61 Å². The van der Waals surface area contributed by atoms with Crippen LogP contribution in [0, 0.1) is 0 Å². The van der Waals surface area contributed by atoms with Gasteiger partial charge in [-0.25, -0.2) is 0 Å². The molecule has 1 heterocycles. The first-order valence-corrected chi connectivity index (χ1v) is 7.27. The van der Waals surface area contributed by atoms with E-state index in [1.807, 2.05) is 24.3 Å². The Morgan fingerprint density at radius 3 is 2.60 bits per heavy atom. The molecule has 1 aliphatic heterocycles. The van der Waals surface area contributed by atoms with Gasteiger partial charge in [-0.1, -0.05) is 6.07 Å². The van der Waals surface area contributed by atoms with Gasteiger partial charge in [0, 0.05) is 6.07 Å². The summed E-state index contributed by atoms with van der Waals surface area (Å²) in [6.07, 6.45) is -0.422. The Kier molecular flexibility index (Phi) is 5.64. The van der Waals surface area contributed by atoms with Gasteiger partial charge in [0.15, 0.2) is 0 Å². The van der Waals surface area contributed by atoms with Gasteiger partial charge in [-0.05, 0) is 12.1 Å². The van der Waals surface area contributed by atoms with E-state index in [1.54, 1.807) is 12.0 Å². The smallest absolute Gasteiger partial charge is 0.137 e. The van der Waals surface area contributed by atoms with Crippen molar-refractivity contribution in [2.75, 3.05) is 53.5 Å². The average molecular weight is 282 g/mol. The Morgan fingerprint density at radius 1 is 1.20 bits per heavy atom. The van der Waals surface area contributed by atoms with Crippen LogP contribution in [0.3, 0.4) is 0 Å². The van der Waals surface area contributed by atoms with Gasteiger partial charge < -0.3 is 24.4 Å². The Morgan fingerprint density at radius 2 is 1.90 bits per heavy atom. The lowest BCUT2D eigenvalue weighted by Crippen LogP contribution is -3.27. The number of aliphatic hydroxyl groups is 1. The molecule has 1 aromatic carbocycles. The predicted molar refractivity (Wildman–Crippen MR) is 76.7 cm³/mol. The van der Waals surface area contributed by atoms with Crippen LogP contribution in [0.4, 0.5) is 0 Å². The lowest BCUT2D eigenvalue weighted by molar-refractivity contribution is -1.00. The molecule has 20 heavy (non-hydrogen) atoms. The highest BCUT2D eigenvalue weighted by Crippen LogP contribution is 2.18. The van der Waals surface area contributed by atoms with Crippen LogP contribution in [0.25, 0.3) is 0 Å². The molecule has 1 aromatic rings. The van der Waals surface area contributed by atoms with E-state index in [2.05, 4.69) is 7.05 Å². The van der Waals surface area contributed by atoms with Crippen molar-refractivity contribution >= 4 is 0 Å². The van der Waals surface area contributed by atoms with Gasteiger partial charge in [0.25, 0.3) is 0 Å². The summed E-state index contributed by atoms with van der Waals surface area (Å²) in [4.78, 5) is 3.05. The third kappa shape index (κ3) is 4.67. The standard InChI is InChI=1S/C15H24N2O3/c1-16-6-8-17(9-7-16)11-13(18)12-20-15-5-3-4-14(10-15)19-2/h3-5,10,13,18H,6-9,11-12H2,1-2H3/p+2. The summed E-state index contributed by atoms with van der Waals surface area (Å²) >= 11 is 0. The van der Waals surface area contributed by atoms with Gasteiger partial charge in [-0.3, -0.25) is 0 Å². The van der Waals surface area contributed by atoms with Crippen molar-refractivity contribution in [3.8, 4) is 11.5 Å². The molecule has 0 aromatic heterocycles. The first-order chi connectivity index (χ1) is 9.67. The SMILES string of the molecule is COc1cccc(OCC(O)C[NH+]2CC[NH+](C)CC2)c1. The number of likely N-dealkylation sites (N-methyl/N-ethyl adjacent to an activating group) is 1. The molecule has 1 atom stereocenters. The molecule has 0 bridgehead atoms. The maximum atomic E-state index is 10.1. The Bertz CT molecular complexity index is 406. The van der Waals surface area contributed by atoms with Crippen LogP contribution in [-0.4, -0.2) is 64.7 Å². The minimum absolute atomic E-state index is 0.333. The van der Waals surface area contributed by atoms with Crippen molar-refractivity contribution < 1.29 is 24.4 Å². The third-order valence-electron chi connectivity index (χ3n) is 3.82. The largest absolute Gasteiger partial charge is 0.497 e. The highest BCUT2D eigenvalue weighted by Gasteiger charge is 2.22. The van der Waals surface area contributed by atoms with E-state index in [1.165, 1.54) is 18.0 Å². The summed E-state index contributed by atoms with van der Waals surface area (Å²) in [5.74, 6) is 1.51. The zero-order valence-electron chi connectivity index (χ0n) is 12.4. The van der Waals surface area contributed by atoms with Crippen molar-refractivity contribution in [3.63, 3.8) is 0 Å². The normalized spacial score (nSPS) is 24.1. The quantitative estimate of drug-likeness (QED) is 0.557. The summed E-state index contributed by atoms with van der Waals surface area (Å²) < 4.78 is 10.8. The summed E-state index contributed by atoms with van der Waals surface area (Å²) in [6.45, 7) is 5.71. The maximum absolute atomic E-state index is 10.1. The summed E-state index contributed by atoms with van der Waals surface area (Å²) in [5, 5.41) is 10.1. The van der Waals surface area contributed by atoms with Crippen LogP contribution in [0.15, 0.2) is 24.3 Å². The van der Waals surface area contributed by atoms with Crippen molar-refractivity contribution in [1.29, 1.82) is 0 Å². The van der Waals surface area contributed by atoms with Crippen LogP contribution in [0.1, 0.15) is 0 Å². The molecule has 1 fully saturated rings. The van der Waals surface area contributed by atoms with Gasteiger partial charge >= 0.3 is 0 Å². The zero-order valence-corrected chi connectivity index (χ0v) is 12.4. The van der Waals surface area contributed by atoms with Crippen LogP contribution < -0.4 is 19.3 Å². The van der Waals surface area contributed by atoms with Crippen molar-refractivity contribution in [3.05, 3.63) is 24.3 Å². The van der Waals surface area contributed by atoms with Crippen molar-refractivity contribution in [1.82, 2.24) is 0 Å². The fourth-order valence-electron chi connectivity index (χ4n) is 2.51. The zero-order chi connectivity index (χ0) is 14.4. The molecule has 112 valence electrons. The Labute approximate surface area is 120 Å². The lowest BCUT2D eigenvalue weighted by Gasteiger charge is -2.28. The van der Waals surface area contributed by atoms with Crippen LogP contribution in [0.2, 0.25) is 0 Å². The first-order valence-electron chi connectivity index (χ1n) is 7.27. The number of rotatable bonds is 6. The average Bonchev–Trinajstić information content (AvgIpc) is 2.48. The monoisotopic (exact) mass is 282 g/mol. The number of hydrogen-bond donors (Lipinski definition) is 3. The van der Waals surface area contributed by atoms with E-state index in [9.17, 15) is 5.11 Å². The number of piperazine rings is 1. The van der Waals surface area contributed by atoms with Crippen molar-refractivity contribution in [2.24, 2.45) is 0 Å². The molecular weight excluding hydrogens is 256 g/mol.